The van der Waals surface area contributed by atoms with Gasteiger partial charge >= 0.3 is 0 Å². The number of hydrogen-bond acceptors (Lipinski definition) is 2. The second kappa shape index (κ2) is 5.87. The van der Waals surface area contributed by atoms with Crippen LogP contribution in [0.15, 0.2) is 30.6 Å². The fourth-order valence-corrected chi connectivity index (χ4v) is 2.66. The molecule has 2 aromatic rings. The third kappa shape index (κ3) is 3.16. The molecule has 1 saturated heterocycles. The van der Waals surface area contributed by atoms with E-state index in [0.29, 0.717) is 19.0 Å². The molecule has 0 N–H and O–H groups in total. The van der Waals surface area contributed by atoms with Crippen molar-refractivity contribution in [1.29, 1.82) is 0 Å². The Morgan fingerprint density at radius 2 is 2.14 bits per heavy atom. The first-order valence-electron chi connectivity index (χ1n) is 7.22. The van der Waals surface area contributed by atoms with E-state index in [1.807, 2.05) is 17.8 Å². The van der Waals surface area contributed by atoms with Crippen molar-refractivity contribution in [2.75, 3.05) is 13.1 Å². The van der Waals surface area contributed by atoms with E-state index in [1.165, 1.54) is 12.1 Å². The number of halogens is 2. The predicted octanol–water partition coefficient (Wildman–Crippen LogP) is 2.17. The number of aromatic nitrogens is 2. The number of nitrogens with zero attached hydrogens (tertiary/aromatic N) is 3. The minimum atomic E-state index is -0.669. The number of rotatable bonds is 4. The van der Waals surface area contributed by atoms with Crippen LogP contribution in [0.5, 0.6) is 0 Å². The van der Waals surface area contributed by atoms with Gasteiger partial charge in [0.2, 0.25) is 5.91 Å². The summed E-state index contributed by atoms with van der Waals surface area (Å²) in [5.74, 6) is -1.05. The summed E-state index contributed by atoms with van der Waals surface area (Å²) in [6.45, 7) is 4.07. The van der Waals surface area contributed by atoms with Gasteiger partial charge in [0.15, 0.2) is 0 Å². The predicted molar refractivity (Wildman–Crippen MR) is 77.1 cm³/mol. The van der Waals surface area contributed by atoms with E-state index in [-0.39, 0.29) is 17.9 Å². The molecule has 1 aromatic heterocycles. The molecule has 1 aromatic carbocycles. The first-order chi connectivity index (χ1) is 10.5. The van der Waals surface area contributed by atoms with Crippen LogP contribution in [0.3, 0.4) is 0 Å². The molecule has 1 amide bonds. The molecular weight excluding hydrogens is 288 g/mol. The van der Waals surface area contributed by atoms with Gasteiger partial charge in [-0.25, -0.2) is 8.78 Å². The topological polar surface area (TPSA) is 38.1 Å². The Labute approximate surface area is 127 Å². The quantitative estimate of drug-likeness (QED) is 0.868. The molecule has 0 radical (unpaired) electrons. The van der Waals surface area contributed by atoms with E-state index in [9.17, 15) is 13.6 Å². The van der Waals surface area contributed by atoms with Crippen LogP contribution >= 0.6 is 0 Å². The van der Waals surface area contributed by atoms with Crippen LogP contribution < -0.4 is 0 Å². The highest BCUT2D eigenvalue weighted by Crippen LogP contribution is 2.20. The maximum atomic E-state index is 13.5. The van der Waals surface area contributed by atoms with Crippen molar-refractivity contribution in [3.8, 4) is 0 Å². The molecule has 1 fully saturated rings. The molecule has 3 rings (SSSR count). The van der Waals surface area contributed by atoms with Crippen LogP contribution in [-0.4, -0.2) is 33.7 Å². The zero-order valence-corrected chi connectivity index (χ0v) is 12.3. The fraction of sp³-hybridized carbons (Fsp3) is 0.375. The average Bonchev–Trinajstić information content (AvgIpc) is 2.82. The molecule has 2 heterocycles. The van der Waals surface area contributed by atoms with Crippen molar-refractivity contribution >= 4 is 5.91 Å². The van der Waals surface area contributed by atoms with Crippen LogP contribution in [0.4, 0.5) is 8.78 Å². The maximum Gasteiger partial charge on any atom is 0.227 e. The Balaban J connectivity index is 1.51. The summed E-state index contributed by atoms with van der Waals surface area (Å²) in [4.78, 5) is 13.8. The summed E-state index contributed by atoms with van der Waals surface area (Å²) in [6, 6.07) is 3.30. The highest BCUT2D eigenvalue weighted by molar-refractivity contribution is 5.79. The molecule has 0 bridgehead atoms. The highest BCUT2D eigenvalue weighted by atomic mass is 19.1. The van der Waals surface area contributed by atoms with Crippen molar-refractivity contribution in [3.05, 3.63) is 53.4 Å². The molecular formula is C16H17F2N3O. The number of amides is 1. The number of benzene rings is 1. The molecule has 0 unspecified atom stereocenters. The summed E-state index contributed by atoms with van der Waals surface area (Å²) < 4.78 is 28.3. The number of aryl methyl sites for hydroxylation is 1. The second-order valence-corrected chi connectivity index (χ2v) is 5.82. The summed E-state index contributed by atoms with van der Waals surface area (Å²) in [6.07, 6.45) is 3.75. The Bertz CT molecular complexity index is 692. The molecule has 0 spiro atoms. The number of likely N-dealkylation sites (tertiary alicyclic amines) is 1. The third-order valence-corrected chi connectivity index (χ3v) is 3.87. The maximum absolute atomic E-state index is 13.5. The first kappa shape index (κ1) is 14.7. The summed E-state index contributed by atoms with van der Waals surface area (Å²) in [7, 11) is 0. The summed E-state index contributed by atoms with van der Waals surface area (Å²) >= 11 is 0. The Morgan fingerprint density at radius 3 is 2.77 bits per heavy atom. The van der Waals surface area contributed by atoms with Crippen molar-refractivity contribution < 1.29 is 13.6 Å². The van der Waals surface area contributed by atoms with Gasteiger partial charge < -0.3 is 4.90 Å². The molecule has 0 saturated carbocycles. The van der Waals surface area contributed by atoms with Crippen LogP contribution in [0.2, 0.25) is 0 Å². The highest BCUT2D eigenvalue weighted by Gasteiger charge is 2.31. The zero-order valence-electron chi connectivity index (χ0n) is 12.3. The van der Waals surface area contributed by atoms with Gasteiger partial charge in [-0.2, -0.15) is 5.10 Å². The lowest BCUT2D eigenvalue weighted by Crippen LogP contribution is -2.52. The number of hydrogen-bond donors (Lipinski definition) is 0. The van der Waals surface area contributed by atoms with E-state index in [0.717, 1.165) is 18.2 Å². The number of carbonyl (C=O) groups is 1. The monoisotopic (exact) mass is 305 g/mol. The van der Waals surface area contributed by atoms with Gasteiger partial charge in [-0.1, -0.05) is 6.07 Å². The Morgan fingerprint density at radius 1 is 1.36 bits per heavy atom. The van der Waals surface area contributed by atoms with Crippen LogP contribution in [0.25, 0.3) is 0 Å². The van der Waals surface area contributed by atoms with Gasteiger partial charge in [0.25, 0.3) is 0 Å². The standard InChI is InChI=1S/C16H17F2N3O/c1-11-6-19-21(7-11)10-12-8-20(9-12)16(22)4-13-2-3-14(17)5-15(13)18/h2-3,5-7,12H,4,8-10H2,1H3. The Kier molecular flexibility index (Phi) is 3.92. The lowest BCUT2D eigenvalue weighted by molar-refractivity contribution is -0.137. The van der Waals surface area contributed by atoms with Crippen LogP contribution in [-0.2, 0) is 17.8 Å². The summed E-state index contributed by atoms with van der Waals surface area (Å²) in [5, 5.41) is 4.22. The third-order valence-electron chi connectivity index (χ3n) is 3.87. The van der Waals surface area contributed by atoms with Crippen molar-refractivity contribution in [3.63, 3.8) is 0 Å². The van der Waals surface area contributed by atoms with Crippen molar-refractivity contribution in [2.45, 2.75) is 19.9 Å². The molecule has 22 heavy (non-hydrogen) atoms. The van der Waals surface area contributed by atoms with Gasteiger partial charge in [0.05, 0.1) is 12.6 Å². The Hall–Kier alpha value is -2.24. The molecule has 0 aliphatic carbocycles. The minimum Gasteiger partial charge on any atom is -0.342 e. The van der Waals surface area contributed by atoms with Crippen molar-refractivity contribution in [1.82, 2.24) is 14.7 Å². The smallest absolute Gasteiger partial charge is 0.227 e. The molecule has 1 aliphatic heterocycles. The lowest BCUT2D eigenvalue weighted by Gasteiger charge is -2.39. The zero-order chi connectivity index (χ0) is 15.7. The van der Waals surface area contributed by atoms with Gasteiger partial charge in [0, 0.05) is 37.8 Å². The molecule has 1 aliphatic rings. The largest absolute Gasteiger partial charge is 0.342 e. The van der Waals surface area contributed by atoms with Crippen LogP contribution in [0.1, 0.15) is 11.1 Å². The number of carbonyl (C=O) groups excluding carboxylic acids is 1. The molecule has 4 nitrogen and oxygen atoms in total. The van der Waals surface area contributed by atoms with Gasteiger partial charge in [-0.15, -0.1) is 0 Å². The average molecular weight is 305 g/mol. The minimum absolute atomic E-state index is 0.0281. The summed E-state index contributed by atoms with van der Waals surface area (Å²) in [5.41, 5.74) is 1.34. The van der Waals surface area contributed by atoms with E-state index >= 15 is 0 Å². The van der Waals surface area contributed by atoms with E-state index in [4.69, 9.17) is 0 Å². The van der Waals surface area contributed by atoms with E-state index in [2.05, 4.69) is 5.10 Å². The second-order valence-electron chi connectivity index (χ2n) is 5.82. The van der Waals surface area contributed by atoms with Crippen LogP contribution in [0, 0.1) is 24.5 Å². The lowest BCUT2D eigenvalue weighted by atomic mass is 9.99. The molecule has 116 valence electrons. The SMILES string of the molecule is Cc1cnn(CC2CN(C(=O)Cc3ccc(F)cc3F)C2)c1. The molecule has 6 heteroatoms. The van der Waals surface area contributed by atoms with E-state index < -0.39 is 11.6 Å². The van der Waals surface area contributed by atoms with Crippen molar-refractivity contribution in [2.24, 2.45) is 5.92 Å². The van der Waals surface area contributed by atoms with Gasteiger partial charge in [-0.05, 0) is 24.1 Å². The van der Waals surface area contributed by atoms with Gasteiger partial charge in [-0.3, -0.25) is 9.48 Å². The van der Waals surface area contributed by atoms with Gasteiger partial charge in [0.1, 0.15) is 11.6 Å². The first-order valence-corrected chi connectivity index (χ1v) is 7.22. The van der Waals surface area contributed by atoms with E-state index in [1.54, 1.807) is 11.1 Å². The molecule has 0 atom stereocenters. The normalized spacial score (nSPS) is 15.0. The fourth-order valence-electron chi connectivity index (χ4n) is 2.66.